The molecule has 3 N–H and O–H groups in total. The molecule has 2 bridgehead atoms. The van der Waals surface area contributed by atoms with E-state index in [2.05, 4.69) is 5.32 Å². The lowest BCUT2D eigenvalue weighted by Gasteiger charge is -2.30. The summed E-state index contributed by atoms with van der Waals surface area (Å²) in [7, 11) is 0. The first-order valence-electron chi connectivity index (χ1n) is 7.83. The predicted molar refractivity (Wildman–Crippen MR) is 71.8 cm³/mol. The molecule has 3 rings (SSSR count). The highest BCUT2D eigenvalue weighted by molar-refractivity contribution is 4.99. The smallest absolute Gasteiger partial charge is 0.0110 e. The van der Waals surface area contributed by atoms with E-state index in [-0.39, 0.29) is 0 Å². The van der Waals surface area contributed by atoms with Crippen LogP contribution >= 0.6 is 0 Å². The third-order valence-corrected chi connectivity index (χ3v) is 5.66. The summed E-state index contributed by atoms with van der Waals surface area (Å²) < 4.78 is 0. The van der Waals surface area contributed by atoms with E-state index in [9.17, 15) is 0 Å². The van der Waals surface area contributed by atoms with Gasteiger partial charge in [0.25, 0.3) is 0 Å². The summed E-state index contributed by atoms with van der Waals surface area (Å²) in [6.07, 6.45) is 12.9. The number of hydrogen-bond donors (Lipinski definition) is 2. The van der Waals surface area contributed by atoms with Crippen LogP contribution in [-0.2, 0) is 0 Å². The molecule has 2 heteroatoms. The fourth-order valence-electron chi connectivity index (χ4n) is 4.54. The largest absolute Gasteiger partial charge is 0.327 e. The van der Waals surface area contributed by atoms with Gasteiger partial charge in [0.2, 0.25) is 0 Å². The summed E-state index contributed by atoms with van der Waals surface area (Å²) in [6, 6.07) is 1.30. The quantitative estimate of drug-likeness (QED) is 0.739. The van der Waals surface area contributed by atoms with Gasteiger partial charge in [-0.15, -0.1) is 0 Å². The minimum absolute atomic E-state index is 0.507. The average Bonchev–Trinajstić information content (AvgIpc) is 2.80. The highest BCUT2D eigenvalue weighted by Gasteiger charge is 2.45. The lowest BCUT2D eigenvalue weighted by Crippen LogP contribution is -2.43. The van der Waals surface area contributed by atoms with Gasteiger partial charge in [0.1, 0.15) is 0 Å². The molecule has 0 aromatic carbocycles. The van der Waals surface area contributed by atoms with E-state index in [4.69, 9.17) is 5.73 Å². The second-order valence-corrected chi connectivity index (χ2v) is 6.67. The second kappa shape index (κ2) is 5.27. The van der Waals surface area contributed by atoms with Gasteiger partial charge in [-0.25, -0.2) is 0 Å². The third-order valence-electron chi connectivity index (χ3n) is 5.66. The van der Waals surface area contributed by atoms with Crippen LogP contribution in [0, 0.1) is 17.8 Å². The zero-order valence-corrected chi connectivity index (χ0v) is 11.0. The summed E-state index contributed by atoms with van der Waals surface area (Å²) in [5.74, 6) is 2.60. The molecular formula is C15H28N2. The van der Waals surface area contributed by atoms with Crippen molar-refractivity contribution in [3.05, 3.63) is 0 Å². The molecule has 3 saturated carbocycles. The Bertz CT molecular complexity index is 243. The van der Waals surface area contributed by atoms with Crippen molar-refractivity contribution in [3.8, 4) is 0 Å². The number of rotatable bonds is 3. The molecule has 0 aromatic heterocycles. The molecule has 0 aromatic rings. The maximum absolute atomic E-state index is 6.37. The van der Waals surface area contributed by atoms with Crippen LogP contribution < -0.4 is 11.1 Å². The second-order valence-electron chi connectivity index (χ2n) is 6.67. The molecule has 0 saturated heterocycles. The maximum Gasteiger partial charge on any atom is 0.0110 e. The van der Waals surface area contributed by atoms with Crippen molar-refractivity contribution in [2.75, 3.05) is 6.54 Å². The van der Waals surface area contributed by atoms with E-state index in [1.807, 2.05) is 0 Å². The normalized spacial score (nSPS) is 42.9. The molecule has 0 aliphatic heterocycles. The summed E-state index contributed by atoms with van der Waals surface area (Å²) in [5, 5.41) is 3.84. The molecule has 4 unspecified atom stereocenters. The van der Waals surface area contributed by atoms with Gasteiger partial charge < -0.3 is 11.1 Å². The van der Waals surface area contributed by atoms with Crippen LogP contribution in [0.3, 0.4) is 0 Å². The van der Waals surface area contributed by atoms with Crippen LogP contribution in [0.25, 0.3) is 0 Å². The molecule has 98 valence electrons. The van der Waals surface area contributed by atoms with Crippen LogP contribution in [0.15, 0.2) is 0 Å². The van der Waals surface area contributed by atoms with Gasteiger partial charge in [-0.3, -0.25) is 0 Å². The first kappa shape index (κ1) is 12.0. The molecule has 0 radical (unpaired) electrons. The van der Waals surface area contributed by atoms with Crippen molar-refractivity contribution in [1.29, 1.82) is 0 Å². The molecular weight excluding hydrogens is 208 g/mol. The predicted octanol–water partition coefficient (Wildman–Crippen LogP) is 2.67. The fourth-order valence-corrected chi connectivity index (χ4v) is 4.54. The molecule has 3 aliphatic carbocycles. The molecule has 2 nitrogen and oxygen atoms in total. The van der Waals surface area contributed by atoms with Gasteiger partial charge in [-0.1, -0.05) is 25.7 Å². The molecule has 0 spiro atoms. The van der Waals surface area contributed by atoms with Gasteiger partial charge in [-0.2, -0.15) is 0 Å². The van der Waals surface area contributed by atoms with Gasteiger partial charge in [-0.05, 0) is 56.4 Å². The molecule has 17 heavy (non-hydrogen) atoms. The summed E-state index contributed by atoms with van der Waals surface area (Å²) in [6.45, 7) is 1.20. The fraction of sp³-hybridized carbons (Fsp3) is 1.00. The Kier molecular flexibility index (Phi) is 3.72. The first-order valence-corrected chi connectivity index (χ1v) is 7.83. The molecule has 0 heterocycles. The van der Waals surface area contributed by atoms with E-state index in [1.165, 1.54) is 64.3 Å². The lowest BCUT2D eigenvalue weighted by molar-refractivity contribution is 0.265. The van der Waals surface area contributed by atoms with Crippen LogP contribution in [0.2, 0.25) is 0 Å². The lowest BCUT2D eigenvalue weighted by atomic mass is 9.84. The van der Waals surface area contributed by atoms with Crippen molar-refractivity contribution < 1.29 is 0 Å². The topological polar surface area (TPSA) is 38.0 Å². The Morgan fingerprint density at radius 3 is 2.24 bits per heavy atom. The number of nitrogens with two attached hydrogens (primary N) is 1. The number of fused-ring (bicyclic) bond motifs is 2. The highest BCUT2D eigenvalue weighted by atomic mass is 14.9. The van der Waals surface area contributed by atoms with Gasteiger partial charge in [0.05, 0.1) is 0 Å². The summed E-state index contributed by atoms with van der Waals surface area (Å²) in [4.78, 5) is 0. The molecule has 3 aliphatic rings. The average molecular weight is 236 g/mol. The summed E-state index contributed by atoms with van der Waals surface area (Å²) in [5.41, 5.74) is 6.37. The van der Waals surface area contributed by atoms with Crippen molar-refractivity contribution in [1.82, 2.24) is 5.32 Å². The Morgan fingerprint density at radius 1 is 0.882 bits per heavy atom. The zero-order chi connectivity index (χ0) is 11.7. The molecule has 4 atom stereocenters. The standard InChI is InChI=1S/C15H28N2/c16-15-12-8-7-11(9-12)14(15)10-17-13-5-3-1-2-4-6-13/h11-15,17H,1-10,16H2. The Morgan fingerprint density at radius 2 is 1.59 bits per heavy atom. The molecule has 3 fully saturated rings. The van der Waals surface area contributed by atoms with Gasteiger partial charge in [0, 0.05) is 12.1 Å². The number of nitrogens with one attached hydrogen (secondary N) is 1. The number of hydrogen-bond acceptors (Lipinski definition) is 2. The van der Waals surface area contributed by atoms with Crippen molar-refractivity contribution in [3.63, 3.8) is 0 Å². The van der Waals surface area contributed by atoms with Crippen LogP contribution in [0.1, 0.15) is 57.8 Å². The third kappa shape index (κ3) is 2.53. The van der Waals surface area contributed by atoms with E-state index in [0.717, 1.165) is 23.8 Å². The first-order chi connectivity index (χ1) is 8.34. The van der Waals surface area contributed by atoms with Crippen molar-refractivity contribution in [2.45, 2.75) is 69.9 Å². The zero-order valence-electron chi connectivity index (χ0n) is 11.0. The van der Waals surface area contributed by atoms with Crippen LogP contribution in [0.4, 0.5) is 0 Å². The highest BCUT2D eigenvalue weighted by Crippen LogP contribution is 2.47. The van der Waals surface area contributed by atoms with E-state index in [0.29, 0.717) is 6.04 Å². The van der Waals surface area contributed by atoms with Crippen molar-refractivity contribution in [2.24, 2.45) is 23.5 Å². The minimum Gasteiger partial charge on any atom is -0.327 e. The SMILES string of the molecule is NC1C2CCC(C2)C1CNC1CCCCCC1. The van der Waals surface area contributed by atoms with Gasteiger partial charge in [0.15, 0.2) is 0 Å². The van der Waals surface area contributed by atoms with E-state index < -0.39 is 0 Å². The van der Waals surface area contributed by atoms with Crippen LogP contribution in [-0.4, -0.2) is 18.6 Å². The maximum atomic E-state index is 6.37. The van der Waals surface area contributed by atoms with Crippen LogP contribution in [0.5, 0.6) is 0 Å². The van der Waals surface area contributed by atoms with Gasteiger partial charge >= 0.3 is 0 Å². The van der Waals surface area contributed by atoms with E-state index in [1.54, 1.807) is 0 Å². The monoisotopic (exact) mass is 236 g/mol. The summed E-state index contributed by atoms with van der Waals surface area (Å²) >= 11 is 0. The Hall–Kier alpha value is -0.0800. The minimum atomic E-state index is 0.507. The Labute approximate surface area is 106 Å². The van der Waals surface area contributed by atoms with E-state index >= 15 is 0 Å². The van der Waals surface area contributed by atoms with Crippen molar-refractivity contribution >= 4 is 0 Å². The molecule has 0 amide bonds. The Balaban J connectivity index is 1.47.